The fourth-order valence-corrected chi connectivity index (χ4v) is 5.29. The van der Waals surface area contributed by atoms with Gasteiger partial charge in [-0.2, -0.15) is 9.29 Å². The molecule has 1 saturated heterocycles. The molecule has 0 saturated carbocycles. The van der Waals surface area contributed by atoms with Crippen molar-refractivity contribution in [3.05, 3.63) is 65.5 Å². The second-order valence-electron chi connectivity index (χ2n) is 8.11. The second-order valence-corrected chi connectivity index (χ2v) is 10.1. The summed E-state index contributed by atoms with van der Waals surface area (Å²) < 4.78 is 32.6. The molecule has 0 aliphatic carbocycles. The number of carbonyl (C=O) groups is 1. The van der Waals surface area contributed by atoms with E-state index >= 15 is 0 Å². The number of nitrogens with one attached hydrogen (secondary N) is 1. The van der Waals surface area contributed by atoms with Crippen molar-refractivity contribution in [1.29, 1.82) is 0 Å². The van der Waals surface area contributed by atoms with Gasteiger partial charge in [0.2, 0.25) is 27.6 Å². The van der Waals surface area contributed by atoms with Crippen LogP contribution in [0.4, 0.5) is 0 Å². The van der Waals surface area contributed by atoms with Crippen molar-refractivity contribution in [2.75, 3.05) is 13.1 Å². The molecular formula is C23H26N4O4S. The summed E-state index contributed by atoms with van der Waals surface area (Å²) in [5, 5.41) is 6.78. The quantitative estimate of drug-likeness (QED) is 0.614. The van der Waals surface area contributed by atoms with Gasteiger partial charge in [-0.3, -0.25) is 4.79 Å². The van der Waals surface area contributed by atoms with Crippen molar-refractivity contribution in [3.63, 3.8) is 0 Å². The molecule has 1 N–H and O–H groups in total. The fraction of sp³-hybridized carbons (Fsp3) is 0.348. The van der Waals surface area contributed by atoms with E-state index in [0.717, 1.165) is 16.7 Å². The van der Waals surface area contributed by atoms with Crippen molar-refractivity contribution in [1.82, 2.24) is 19.8 Å². The molecule has 1 aromatic heterocycles. The molecule has 168 valence electrons. The number of aromatic nitrogens is 2. The number of aryl methyl sites for hydroxylation is 2. The Labute approximate surface area is 187 Å². The maximum atomic E-state index is 13.0. The summed E-state index contributed by atoms with van der Waals surface area (Å²) in [4.78, 5) is 17.3. The van der Waals surface area contributed by atoms with Gasteiger partial charge in [-0.15, -0.1) is 0 Å². The number of hydrogen-bond donors (Lipinski definition) is 1. The van der Waals surface area contributed by atoms with Crippen LogP contribution in [-0.4, -0.2) is 41.9 Å². The normalized spacial score (nSPS) is 17.2. The van der Waals surface area contributed by atoms with E-state index in [0.29, 0.717) is 31.1 Å². The lowest BCUT2D eigenvalue weighted by atomic mass is 9.99. The molecular weight excluding hydrogens is 428 g/mol. The lowest BCUT2D eigenvalue weighted by Crippen LogP contribution is -2.45. The second kappa shape index (κ2) is 9.22. The van der Waals surface area contributed by atoms with E-state index in [4.69, 9.17) is 4.52 Å². The highest BCUT2D eigenvalue weighted by molar-refractivity contribution is 7.89. The van der Waals surface area contributed by atoms with Gasteiger partial charge in [0, 0.05) is 18.7 Å². The lowest BCUT2D eigenvalue weighted by Gasteiger charge is -2.31. The molecule has 1 aliphatic rings. The van der Waals surface area contributed by atoms with Gasteiger partial charge in [0.15, 0.2) is 0 Å². The average molecular weight is 455 g/mol. The number of piperidine rings is 1. The molecule has 0 radical (unpaired) electrons. The van der Waals surface area contributed by atoms with Gasteiger partial charge < -0.3 is 9.84 Å². The Morgan fingerprint density at radius 3 is 2.69 bits per heavy atom. The van der Waals surface area contributed by atoms with Crippen LogP contribution in [0, 0.1) is 19.8 Å². The van der Waals surface area contributed by atoms with Crippen molar-refractivity contribution < 1.29 is 17.7 Å². The van der Waals surface area contributed by atoms with Crippen LogP contribution in [0.1, 0.15) is 29.9 Å². The smallest absolute Gasteiger partial charge is 0.246 e. The van der Waals surface area contributed by atoms with Crippen LogP contribution in [0.2, 0.25) is 0 Å². The first kappa shape index (κ1) is 22.2. The van der Waals surface area contributed by atoms with Gasteiger partial charge in [0.25, 0.3) is 0 Å². The van der Waals surface area contributed by atoms with Crippen molar-refractivity contribution in [2.24, 2.45) is 5.92 Å². The van der Waals surface area contributed by atoms with Gasteiger partial charge in [0.1, 0.15) is 0 Å². The Hall–Kier alpha value is -3.04. The third-order valence-corrected chi connectivity index (χ3v) is 7.45. The van der Waals surface area contributed by atoms with E-state index in [2.05, 4.69) is 15.5 Å². The Balaban J connectivity index is 1.37. The number of carbonyl (C=O) groups excluding carboxylic acids is 1. The molecule has 2 heterocycles. The average Bonchev–Trinajstić information content (AvgIpc) is 3.27. The SMILES string of the molecule is Cc1ccc(S(=O)(=O)N2CCCC(C(=O)NCc3nc(-c4cccc(C)c4)no3)C2)cc1. The standard InChI is InChI=1S/C23H26N4O4S/c1-16-8-10-20(11-9-16)32(29,30)27-12-4-7-19(15-27)23(28)24-14-21-25-22(26-31-21)18-6-3-5-17(2)13-18/h3,5-6,8-11,13,19H,4,7,12,14-15H2,1-2H3,(H,24,28). The number of rotatable bonds is 6. The van der Waals surface area contributed by atoms with E-state index < -0.39 is 15.9 Å². The summed E-state index contributed by atoms with van der Waals surface area (Å²) in [5.41, 5.74) is 2.92. The first-order chi connectivity index (χ1) is 15.3. The van der Waals surface area contributed by atoms with Gasteiger partial charge in [-0.1, -0.05) is 46.6 Å². The molecule has 1 aliphatic heterocycles. The molecule has 4 rings (SSSR count). The minimum absolute atomic E-state index is 0.0961. The number of sulfonamides is 1. The summed E-state index contributed by atoms with van der Waals surface area (Å²) in [7, 11) is -3.63. The van der Waals surface area contributed by atoms with Gasteiger partial charge in [-0.05, 0) is 44.9 Å². The van der Waals surface area contributed by atoms with E-state index in [1.807, 2.05) is 38.1 Å². The van der Waals surface area contributed by atoms with Crippen molar-refractivity contribution in [3.8, 4) is 11.4 Å². The first-order valence-electron chi connectivity index (χ1n) is 10.6. The Morgan fingerprint density at radius 1 is 1.16 bits per heavy atom. The van der Waals surface area contributed by atoms with E-state index in [9.17, 15) is 13.2 Å². The van der Waals surface area contributed by atoms with Gasteiger partial charge in [0.05, 0.1) is 17.4 Å². The van der Waals surface area contributed by atoms with Crippen LogP contribution in [-0.2, 0) is 21.4 Å². The van der Waals surface area contributed by atoms with Crippen LogP contribution >= 0.6 is 0 Å². The molecule has 1 amide bonds. The van der Waals surface area contributed by atoms with Crippen LogP contribution in [0.15, 0.2) is 57.9 Å². The lowest BCUT2D eigenvalue weighted by molar-refractivity contribution is -0.126. The minimum atomic E-state index is -3.63. The highest BCUT2D eigenvalue weighted by Gasteiger charge is 2.33. The maximum absolute atomic E-state index is 13.0. The first-order valence-corrected chi connectivity index (χ1v) is 12.0. The predicted molar refractivity (Wildman–Crippen MR) is 119 cm³/mol. The Kier molecular flexibility index (Phi) is 6.38. The molecule has 32 heavy (non-hydrogen) atoms. The third kappa shape index (κ3) is 4.89. The molecule has 1 atom stereocenters. The maximum Gasteiger partial charge on any atom is 0.246 e. The topological polar surface area (TPSA) is 105 Å². The van der Waals surface area contributed by atoms with Crippen molar-refractivity contribution in [2.45, 2.75) is 38.1 Å². The molecule has 9 heteroatoms. The number of nitrogens with zero attached hydrogens (tertiary/aromatic N) is 3. The zero-order chi connectivity index (χ0) is 22.7. The fourth-order valence-electron chi connectivity index (χ4n) is 3.77. The Bertz CT molecular complexity index is 1200. The highest BCUT2D eigenvalue weighted by atomic mass is 32.2. The highest BCUT2D eigenvalue weighted by Crippen LogP contribution is 2.24. The molecule has 1 unspecified atom stereocenters. The van der Waals surface area contributed by atoms with E-state index in [1.54, 1.807) is 24.3 Å². The summed E-state index contributed by atoms with van der Waals surface area (Å²) in [6.45, 7) is 4.55. The molecule has 0 spiro atoms. The third-order valence-electron chi connectivity index (χ3n) is 5.57. The summed E-state index contributed by atoms with van der Waals surface area (Å²) in [6.07, 6.45) is 1.26. The predicted octanol–water partition coefficient (Wildman–Crippen LogP) is 3.07. The van der Waals surface area contributed by atoms with Crippen LogP contribution in [0.3, 0.4) is 0 Å². The molecule has 8 nitrogen and oxygen atoms in total. The molecule has 1 fully saturated rings. The van der Waals surface area contributed by atoms with Gasteiger partial charge in [-0.25, -0.2) is 8.42 Å². The minimum Gasteiger partial charge on any atom is -0.347 e. The number of benzene rings is 2. The van der Waals surface area contributed by atoms with E-state index in [-0.39, 0.29) is 23.9 Å². The zero-order valence-electron chi connectivity index (χ0n) is 18.1. The molecule has 2 aromatic carbocycles. The summed E-state index contributed by atoms with van der Waals surface area (Å²) in [6, 6.07) is 14.5. The number of hydrogen-bond acceptors (Lipinski definition) is 6. The molecule has 3 aromatic rings. The van der Waals surface area contributed by atoms with Crippen LogP contribution < -0.4 is 5.32 Å². The summed E-state index contributed by atoms with van der Waals surface area (Å²) in [5.74, 6) is 0.119. The van der Waals surface area contributed by atoms with Gasteiger partial charge >= 0.3 is 0 Å². The largest absolute Gasteiger partial charge is 0.347 e. The Morgan fingerprint density at radius 2 is 1.94 bits per heavy atom. The monoisotopic (exact) mass is 454 g/mol. The van der Waals surface area contributed by atoms with Crippen molar-refractivity contribution >= 4 is 15.9 Å². The summed E-state index contributed by atoms with van der Waals surface area (Å²) >= 11 is 0. The molecule has 0 bridgehead atoms. The zero-order valence-corrected chi connectivity index (χ0v) is 18.9. The number of amides is 1. The van der Waals surface area contributed by atoms with E-state index in [1.165, 1.54) is 4.31 Å². The van der Waals surface area contributed by atoms with Crippen LogP contribution in [0.25, 0.3) is 11.4 Å². The van der Waals surface area contributed by atoms with Crippen LogP contribution in [0.5, 0.6) is 0 Å².